The first-order chi connectivity index (χ1) is 11.1. The fourth-order valence-corrected chi connectivity index (χ4v) is 2.29. The van der Waals surface area contributed by atoms with Crippen molar-refractivity contribution >= 4 is 11.9 Å². The molecule has 0 fully saturated rings. The number of esters is 1. The normalized spacial score (nSPS) is 10.5. The number of aromatic nitrogens is 3. The molecule has 0 unspecified atom stereocenters. The number of aryl methyl sites for hydroxylation is 1. The van der Waals surface area contributed by atoms with Gasteiger partial charge in [-0.05, 0) is 19.1 Å². The molecule has 0 saturated carbocycles. The van der Waals surface area contributed by atoms with Gasteiger partial charge in [0.05, 0.1) is 19.0 Å². The summed E-state index contributed by atoms with van der Waals surface area (Å²) in [5.74, 6) is -0.716. The van der Waals surface area contributed by atoms with E-state index in [0.29, 0.717) is 11.3 Å². The average molecular weight is 311 g/mol. The standard InChI is InChI=1S/C16H13N3O4/c1-10-13(16(21)22-2)14(12-8-9-17-23-12)19(18-10)15(20)11-6-4-3-5-7-11/h3-9H,1-2H3. The van der Waals surface area contributed by atoms with Crippen LogP contribution in [0.4, 0.5) is 0 Å². The van der Waals surface area contributed by atoms with Gasteiger partial charge < -0.3 is 9.26 Å². The van der Waals surface area contributed by atoms with Crippen molar-refractivity contribution in [2.45, 2.75) is 6.92 Å². The minimum Gasteiger partial charge on any atom is -0.465 e. The summed E-state index contributed by atoms with van der Waals surface area (Å²) in [5, 5.41) is 7.82. The SMILES string of the molecule is COC(=O)c1c(C)nn(C(=O)c2ccccc2)c1-c1ccno1. The molecule has 0 aliphatic heterocycles. The first-order valence-corrected chi connectivity index (χ1v) is 6.82. The van der Waals surface area contributed by atoms with E-state index in [4.69, 9.17) is 9.26 Å². The maximum Gasteiger partial charge on any atom is 0.342 e. The second-order valence-corrected chi connectivity index (χ2v) is 4.76. The molecule has 0 amide bonds. The molecule has 116 valence electrons. The van der Waals surface area contributed by atoms with Gasteiger partial charge in [-0.25, -0.2) is 4.79 Å². The topological polar surface area (TPSA) is 87.2 Å². The number of methoxy groups -OCH3 is 1. The quantitative estimate of drug-likeness (QED) is 0.690. The number of hydrogen-bond acceptors (Lipinski definition) is 6. The van der Waals surface area contributed by atoms with Crippen molar-refractivity contribution < 1.29 is 18.8 Å². The third-order valence-corrected chi connectivity index (χ3v) is 3.33. The molecule has 3 aromatic rings. The lowest BCUT2D eigenvalue weighted by molar-refractivity contribution is 0.0600. The molecule has 2 aromatic heterocycles. The van der Waals surface area contributed by atoms with Crippen molar-refractivity contribution in [3.8, 4) is 11.5 Å². The molecule has 7 nitrogen and oxygen atoms in total. The van der Waals surface area contributed by atoms with Crippen LogP contribution in [0.5, 0.6) is 0 Å². The van der Waals surface area contributed by atoms with Crippen molar-refractivity contribution in [1.29, 1.82) is 0 Å². The van der Waals surface area contributed by atoms with Gasteiger partial charge in [-0.1, -0.05) is 23.4 Å². The first kappa shape index (κ1) is 14.7. The van der Waals surface area contributed by atoms with Gasteiger partial charge in [0.15, 0.2) is 5.76 Å². The Morgan fingerprint density at radius 3 is 2.52 bits per heavy atom. The number of carbonyl (C=O) groups excluding carboxylic acids is 2. The highest BCUT2D eigenvalue weighted by Crippen LogP contribution is 2.27. The van der Waals surface area contributed by atoms with Crippen LogP contribution in [0.25, 0.3) is 11.5 Å². The summed E-state index contributed by atoms with van der Waals surface area (Å²) in [6, 6.07) is 10.2. The molecule has 3 rings (SSSR count). The molecule has 2 heterocycles. The third-order valence-electron chi connectivity index (χ3n) is 3.33. The highest BCUT2D eigenvalue weighted by molar-refractivity contribution is 6.03. The molecule has 0 N–H and O–H groups in total. The molecule has 1 aromatic carbocycles. The molecule has 0 atom stereocenters. The Hall–Kier alpha value is -3.22. The van der Waals surface area contributed by atoms with Crippen molar-refractivity contribution in [3.63, 3.8) is 0 Å². The summed E-state index contributed by atoms with van der Waals surface area (Å²) in [4.78, 5) is 24.8. The van der Waals surface area contributed by atoms with E-state index in [1.807, 2.05) is 6.07 Å². The number of nitrogens with zero attached hydrogens (tertiary/aromatic N) is 3. The van der Waals surface area contributed by atoms with Crippen LogP contribution in [0.3, 0.4) is 0 Å². The fraction of sp³-hybridized carbons (Fsp3) is 0.125. The van der Waals surface area contributed by atoms with E-state index in [9.17, 15) is 9.59 Å². The first-order valence-electron chi connectivity index (χ1n) is 6.82. The van der Waals surface area contributed by atoms with E-state index in [2.05, 4.69) is 10.3 Å². The monoisotopic (exact) mass is 311 g/mol. The molecular formula is C16H13N3O4. The van der Waals surface area contributed by atoms with Gasteiger partial charge in [0, 0.05) is 11.6 Å². The molecule has 0 aliphatic rings. The molecule has 0 spiro atoms. The van der Waals surface area contributed by atoms with Crippen LogP contribution in [-0.2, 0) is 4.74 Å². The highest BCUT2D eigenvalue weighted by atomic mass is 16.5. The summed E-state index contributed by atoms with van der Waals surface area (Å²) in [6.07, 6.45) is 1.43. The maximum absolute atomic E-state index is 12.7. The van der Waals surface area contributed by atoms with Crippen LogP contribution in [-0.4, -0.2) is 33.9 Å². The largest absolute Gasteiger partial charge is 0.465 e. The molecule has 0 bridgehead atoms. The van der Waals surface area contributed by atoms with Crippen LogP contribution in [0.2, 0.25) is 0 Å². The van der Waals surface area contributed by atoms with Crippen molar-refractivity contribution in [1.82, 2.24) is 14.9 Å². The summed E-state index contributed by atoms with van der Waals surface area (Å²) < 4.78 is 11.0. The Morgan fingerprint density at radius 2 is 1.91 bits per heavy atom. The second-order valence-electron chi connectivity index (χ2n) is 4.76. The molecule has 7 heteroatoms. The van der Waals surface area contributed by atoms with Gasteiger partial charge in [-0.15, -0.1) is 0 Å². The van der Waals surface area contributed by atoms with Crippen LogP contribution in [0.1, 0.15) is 26.4 Å². The minimum atomic E-state index is -0.596. The molecular weight excluding hydrogens is 298 g/mol. The van der Waals surface area contributed by atoms with E-state index in [1.165, 1.54) is 13.3 Å². The zero-order chi connectivity index (χ0) is 16.4. The minimum absolute atomic E-state index is 0.175. The van der Waals surface area contributed by atoms with Crippen molar-refractivity contribution in [2.24, 2.45) is 0 Å². The van der Waals surface area contributed by atoms with Crippen LogP contribution < -0.4 is 0 Å². The van der Waals surface area contributed by atoms with E-state index in [1.54, 1.807) is 37.3 Å². The summed E-state index contributed by atoms with van der Waals surface area (Å²) >= 11 is 0. The van der Waals surface area contributed by atoms with Gasteiger partial charge in [0.2, 0.25) is 0 Å². The predicted octanol–water partition coefficient (Wildman–Crippen LogP) is 2.32. The third kappa shape index (κ3) is 2.52. The number of carbonyl (C=O) groups is 2. The predicted molar refractivity (Wildman–Crippen MR) is 80.0 cm³/mol. The molecule has 23 heavy (non-hydrogen) atoms. The average Bonchev–Trinajstić information content (AvgIpc) is 3.21. The Balaban J connectivity index is 2.22. The van der Waals surface area contributed by atoms with E-state index in [-0.39, 0.29) is 22.9 Å². The molecule has 0 aliphatic carbocycles. The van der Waals surface area contributed by atoms with Crippen molar-refractivity contribution in [3.05, 3.63) is 59.4 Å². The molecule has 0 radical (unpaired) electrons. The molecule has 0 saturated heterocycles. The fourth-order valence-electron chi connectivity index (χ4n) is 2.29. The van der Waals surface area contributed by atoms with Gasteiger partial charge in [-0.3, -0.25) is 4.79 Å². The number of benzene rings is 1. The Morgan fingerprint density at radius 1 is 1.17 bits per heavy atom. The number of rotatable bonds is 3. The van der Waals surface area contributed by atoms with Gasteiger partial charge >= 0.3 is 5.97 Å². The zero-order valence-electron chi connectivity index (χ0n) is 12.5. The van der Waals surface area contributed by atoms with Crippen LogP contribution in [0, 0.1) is 6.92 Å². The number of ether oxygens (including phenoxy) is 1. The summed E-state index contributed by atoms with van der Waals surface area (Å²) in [5.41, 5.74) is 1.20. The van der Waals surface area contributed by atoms with E-state index < -0.39 is 5.97 Å². The Bertz CT molecular complexity index is 851. The van der Waals surface area contributed by atoms with Crippen LogP contribution in [0.15, 0.2) is 47.1 Å². The Labute approximate surface area is 131 Å². The highest BCUT2D eigenvalue weighted by Gasteiger charge is 2.28. The lowest BCUT2D eigenvalue weighted by Gasteiger charge is -2.05. The van der Waals surface area contributed by atoms with Crippen LogP contribution >= 0.6 is 0 Å². The van der Waals surface area contributed by atoms with E-state index >= 15 is 0 Å². The van der Waals surface area contributed by atoms with Gasteiger partial charge in [-0.2, -0.15) is 9.78 Å². The van der Waals surface area contributed by atoms with E-state index in [0.717, 1.165) is 4.68 Å². The lowest BCUT2D eigenvalue weighted by Crippen LogP contribution is -2.15. The van der Waals surface area contributed by atoms with Crippen molar-refractivity contribution in [2.75, 3.05) is 7.11 Å². The lowest BCUT2D eigenvalue weighted by atomic mass is 10.1. The maximum atomic E-state index is 12.7. The summed E-state index contributed by atoms with van der Waals surface area (Å²) in [6.45, 7) is 1.63. The van der Waals surface area contributed by atoms with Gasteiger partial charge in [0.1, 0.15) is 11.3 Å². The second kappa shape index (κ2) is 5.88. The zero-order valence-corrected chi connectivity index (χ0v) is 12.5. The smallest absolute Gasteiger partial charge is 0.342 e. The number of hydrogen-bond donors (Lipinski definition) is 0. The Kier molecular flexibility index (Phi) is 3.76. The summed E-state index contributed by atoms with van der Waals surface area (Å²) in [7, 11) is 1.27. The van der Waals surface area contributed by atoms with Gasteiger partial charge in [0.25, 0.3) is 5.91 Å².